The number of carbonyl (C=O) groups is 1. The number of methoxy groups -OCH3 is 1. The Hall–Kier alpha value is -1.51. The van der Waals surface area contributed by atoms with Gasteiger partial charge in [0.05, 0.1) is 11.5 Å². The van der Waals surface area contributed by atoms with E-state index in [0.29, 0.717) is 26.0 Å². The monoisotopic (exact) mass is 384 g/mol. The number of nitrogens with one attached hydrogen (secondary N) is 1. The molecule has 1 amide bonds. The molecule has 2 aliphatic rings. The highest BCUT2D eigenvalue weighted by Gasteiger charge is 2.50. The van der Waals surface area contributed by atoms with Gasteiger partial charge in [0.1, 0.15) is 5.82 Å². The Morgan fingerprint density at radius 3 is 2.73 bits per heavy atom. The molecule has 144 valence electrons. The number of fused-ring (bicyclic) bond motifs is 1. The highest BCUT2D eigenvalue weighted by atomic mass is 32.2. The first-order valence-corrected chi connectivity index (χ1v) is 10.4. The Balaban J connectivity index is 1.75. The van der Waals surface area contributed by atoms with Crippen molar-refractivity contribution in [2.45, 2.75) is 43.0 Å². The van der Waals surface area contributed by atoms with Crippen molar-refractivity contribution in [3.8, 4) is 0 Å². The van der Waals surface area contributed by atoms with Crippen LogP contribution in [0.3, 0.4) is 0 Å². The van der Waals surface area contributed by atoms with Crippen LogP contribution in [0.1, 0.15) is 32.1 Å². The van der Waals surface area contributed by atoms with E-state index in [0.717, 1.165) is 31.4 Å². The number of piperidine rings is 1. The van der Waals surface area contributed by atoms with Crippen LogP contribution >= 0.6 is 0 Å². The number of likely N-dealkylation sites (tertiary alicyclic amines) is 1. The molecule has 0 unspecified atom stereocenters. The molecule has 6 nitrogen and oxygen atoms in total. The third-order valence-electron chi connectivity index (χ3n) is 5.67. The second-order valence-corrected chi connectivity index (χ2v) is 8.90. The van der Waals surface area contributed by atoms with E-state index in [1.165, 1.54) is 12.1 Å². The van der Waals surface area contributed by atoms with Crippen molar-refractivity contribution < 1.29 is 22.3 Å². The van der Waals surface area contributed by atoms with Crippen molar-refractivity contribution in [1.29, 1.82) is 0 Å². The number of sulfonamides is 1. The van der Waals surface area contributed by atoms with E-state index in [1.807, 2.05) is 4.90 Å². The van der Waals surface area contributed by atoms with Gasteiger partial charge in [0.2, 0.25) is 15.9 Å². The van der Waals surface area contributed by atoms with Gasteiger partial charge in [0.25, 0.3) is 0 Å². The summed E-state index contributed by atoms with van der Waals surface area (Å²) in [6.45, 7) is 1.29. The highest BCUT2D eigenvalue weighted by molar-refractivity contribution is 7.89. The molecule has 2 fully saturated rings. The van der Waals surface area contributed by atoms with Gasteiger partial charge in [0, 0.05) is 38.1 Å². The summed E-state index contributed by atoms with van der Waals surface area (Å²) in [5.74, 6) is -0.357. The Labute approximate surface area is 153 Å². The number of ether oxygens (including phenoxy) is 1. The summed E-state index contributed by atoms with van der Waals surface area (Å²) in [7, 11) is -2.11. The maximum atomic E-state index is 13.0. The van der Waals surface area contributed by atoms with Crippen LogP contribution in [-0.2, 0) is 19.6 Å². The van der Waals surface area contributed by atoms with Gasteiger partial charge in [-0.05, 0) is 43.5 Å². The first kappa shape index (κ1) is 19.3. The second-order valence-electron chi connectivity index (χ2n) is 7.13. The SMILES string of the molecule is COCCN1C(=O)CC[C@]2(CNS(=O)(=O)c3ccc(F)cc3)CCC[C@@H]12. The third-order valence-corrected chi connectivity index (χ3v) is 7.08. The van der Waals surface area contributed by atoms with Crippen LogP contribution in [-0.4, -0.2) is 52.1 Å². The van der Waals surface area contributed by atoms with Gasteiger partial charge in [-0.1, -0.05) is 6.42 Å². The van der Waals surface area contributed by atoms with E-state index < -0.39 is 15.8 Å². The largest absolute Gasteiger partial charge is 0.383 e. The molecule has 0 radical (unpaired) electrons. The second kappa shape index (κ2) is 7.62. The normalized spacial score (nSPS) is 26.2. The van der Waals surface area contributed by atoms with E-state index in [2.05, 4.69) is 4.72 Å². The molecule has 1 N–H and O–H groups in total. The van der Waals surface area contributed by atoms with Crippen molar-refractivity contribution in [3.05, 3.63) is 30.1 Å². The zero-order valence-corrected chi connectivity index (χ0v) is 15.7. The van der Waals surface area contributed by atoms with Crippen molar-refractivity contribution in [2.75, 3.05) is 26.8 Å². The van der Waals surface area contributed by atoms with Gasteiger partial charge in [-0.15, -0.1) is 0 Å². The fraction of sp³-hybridized carbons (Fsp3) is 0.611. The predicted molar refractivity (Wildman–Crippen MR) is 94.5 cm³/mol. The first-order valence-electron chi connectivity index (χ1n) is 8.92. The molecule has 1 saturated carbocycles. The number of hydrogen-bond donors (Lipinski definition) is 1. The van der Waals surface area contributed by atoms with E-state index in [9.17, 15) is 17.6 Å². The van der Waals surface area contributed by atoms with Crippen molar-refractivity contribution in [3.63, 3.8) is 0 Å². The minimum atomic E-state index is -3.71. The number of rotatable bonds is 7. The minimum absolute atomic E-state index is 0.0369. The summed E-state index contributed by atoms with van der Waals surface area (Å²) in [4.78, 5) is 14.3. The van der Waals surface area contributed by atoms with Crippen molar-refractivity contribution in [2.24, 2.45) is 5.41 Å². The summed E-state index contributed by atoms with van der Waals surface area (Å²) in [6.07, 6.45) is 3.86. The molecule has 8 heteroatoms. The Morgan fingerprint density at radius 2 is 2.04 bits per heavy atom. The van der Waals surface area contributed by atoms with Crippen LogP contribution in [0.5, 0.6) is 0 Å². The van der Waals surface area contributed by atoms with Crippen LogP contribution in [0.4, 0.5) is 4.39 Å². The molecular weight excluding hydrogens is 359 g/mol. The maximum Gasteiger partial charge on any atom is 0.240 e. The van der Waals surface area contributed by atoms with Crippen LogP contribution in [0.15, 0.2) is 29.2 Å². The average molecular weight is 384 g/mol. The van der Waals surface area contributed by atoms with Gasteiger partial charge in [-0.25, -0.2) is 17.5 Å². The molecule has 26 heavy (non-hydrogen) atoms. The summed E-state index contributed by atoms with van der Waals surface area (Å²) in [6, 6.07) is 4.83. The molecule has 1 saturated heterocycles. The maximum absolute atomic E-state index is 13.0. The van der Waals surface area contributed by atoms with Crippen molar-refractivity contribution in [1.82, 2.24) is 9.62 Å². The fourth-order valence-corrected chi connectivity index (χ4v) is 5.41. The lowest BCUT2D eigenvalue weighted by molar-refractivity contribution is -0.142. The molecule has 0 spiro atoms. The smallest absolute Gasteiger partial charge is 0.240 e. The number of amides is 1. The Morgan fingerprint density at radius 1 is 1.31 bits per heavy atom. The first-order chi connectivity index (χ1) is 12.4. The Bertz CT molecular complexity index is 753. The van der Waals surface area contributed by atoms with Crippen LogP contribution in [0, 0.1) is 11.2 Å². The molecule has 3 rings (SSSR count). The van der Waals surface area contributed by atoms with Gasteiger partial charge < -0.3 is 9.64 Å². The lowest BCUT2D eigenvalue weighted by Crippen LogP contribution is -2.56. The standard InChI is InChI=1S/C18H25FN2O4S/c1-25-12-11-21-16-3-2-9-18(16,10-8-17(21)22)13-20-26(23,24)15-6-4-14(19)5-7-15/h4-7,16,20H,2-3,8-13H2,1H3/t16-,18+/m1/s1. The molecule has 1 aromatic carbocycles. The summed E-state index contributed by atoms with van der Waals surface area (Å²) in [5.41, 5.74) is -0.241. The molecular formula is C18H25FN2O4S. The van der Waals surface area contributed by atoms with Crippen LogP contribution < -0.4 is 4.72 Å². The number of hydrogen-bond acceptors (Lipinski definition) is 4. The van der Waals surface area contributed by atoms with Crippen molar-refractivity contribution >= 4 is 15.9 Å². The number of carbonyl (C=O) groups excluding carboxylic acids is 1. The van der Waals surface area contributed by atoms with Crippen LogP contribution in [0.2, 0.25) is 0 Å². The van der Waals surface area contributed by atoms with Gasteiger partial charge in [-0.2, -0.15) is 0 Å². The fourth-order valence-electron chi connectivity index (χ4n) is 4.27. The zero-order valence-electron chi connectivity index (χ0n) is 14.9. The quantitative estimate of drug-likeness (QED) is 0.779. The zero-order chi connectivity index (χ0) is 18.8. The number of benzene rings is 1. The predicted octanol–water partition coefficient (Wildman–Crippen LogP) is 1.91. The number of nitrogens with zero attached hydrogens (tertiary/aromatic N) is 1. The minimum Gasteiger partial charge on any atom is -0.383 e. The summed E-state index contributed by atoms with van der Waals surface area (Å²) in [5, 5.41) is 0. The molecule has 1 aliphatic carbocycles. The summed E-state index contributed by atoms with van der Waals surface area (Å²) >= 11 is 0. The lowest BCUT2D eigenvalue weighted by atomic mass is 9.74. The Kier molecular flexibility index (Phi) is 5.64. The topological polar surface area (TPSA) is 75.7 Å². The van der Waals surface area contributed by atoms with Gasteiger partial charge in [0.15, 0.2) is 0 Å². The van der Waals surface area contributed by atoms with E-state index in [-0.39, 0.29) is 28.8 Å². The lowest BCUT2D eigenvalue weighted by Gasteiger charge is -2.46. The molecule has 2 atom stereocenters. The van der Waals surface area contributed by atoms with E-state index in [4.69, 9.17) is 4.74 Å². The summed E-state index contributed by atoms with van der Waals surface area (Å²) < 4.78 is 46.0. The molecule has 1 heterocycles. The van der Waals surface area contributed by atoms with E-state index >= 15 is 0 Å². The molecule has 0 bridgehead atoms. The molecule has 1 aliphatic heterocycles. The number of halogens is 1. The third kappa shape index (κ3) is 3.77. The van der Waals surface area contributed by atoms with Gasteiger partial charge in [-0.3, -0.25) is 4.79 Å². The highest BCUT2D eigenvalue weighted by Crippen LogP contribution is 2.47. The average Bonchev–Trinajstić information content (AvgIpc) is 3.04. The van der Waals surface area contributed by atoms with E-state index in [1.54, 1.807) is 7.11 Å². The van der Waals surface area contributed by atoms with Crippen LogP contribution in [0.25, 0.3) is 0 Å². The van der Waals surface area contributed by atoms with Gasteiger partial charge >= 0.3 is 0 Å². The molecule has 0 aromatic heterocycles. The molecule has 1 aromatic rings.